The molecule has 21 heavy (non-hydrogen) atoms. The molecular formula is C16H31N5. The van der Waals surface area contributed by atoms with Crippen molar-refractivity contribution in [2.75, 3.05) is 37.3 Å². The summed E-state index contributed by atoms with van der Waals surface area (Å²) in [4.78, 5) is 11.7. The molecule has 0 aliphatic heterocycles. The van der Waals surface area contributed by atoms with Crippen LogP contribution in [-0.4, -0.2) is 47.6 Å². The van der Waals surface area contributed by atoms with Gasteiger partial charge in [0.05, 0.1) is 0 Å². The predicted molar refractivity (Wildman–Crippen MR) is 91.3 cm³/mol. The minimum Gasteiger partial charge on any atom is -0.373 e. The predicted octanol–water partition coefficient (Wildman–Crippen LogP) is 3.09. The zero-order chi connectivity index (χ0) is 16.0. The summed E-state index contributed by atoms with van der Waals surface area (Å²) >= 11 is 0. The summed E-state index contributed by atoms with van der Waals surface area (Å²) in [5.74, 6) is 3.04. The van der Waals surface area contributed by atoms with Crippen molar-refractivity contribution in [3.63, 3.8) is 0 Å². The lowest BCUT2D eigenvalue weighted by Gasteiger charge is -2.25. The highest BCUT2D eigenvalue weighted by atomic mass is 15.2. The zero-order valence-electron chi connectivity index (χ0n) is 14.6. The second-order valence-electron chi connectivity index (χ2n) is 5.84. The molecule has 2 N–H and O–H groups in total. The van der Waals surface area contributed by atoms with Crippen LogP contribution in [0, 0.1) is 6.92 Å². The van der Waals surface area contributed by atoms with Crippen molar-refractivity contribution in [3.05, 3.63) is 11.4 Å². The van der Waals surface area contributed by atoms with Crippen molar-refractivity contribution >= 4 is 11.6 Å². The molecule has 0 bridgehead atoms. The van der Waals surface area contributed by atoms with E-state index in [0.717, 1.165) is 42.7 Å². The molecule has 1 unspecified atom stereocenters. The van der Waals surface area contributed by atoms with Crippen molar-refractivity contribution in [1.82, 2.24) is 14.9 Å². The van der Waals surface area contributed by atoms with Gasteiger partial charge in [-0.25, -0.2) is 9.97 Å². The first-order chi connectivity index (χ1) is 9.92. The van der Waals surface area contributed by atoms with Gasteiger partial charge < -0.3 is 15.5 Å². The van der Waals surface area contributed by atoms with E-state index in [9.17, 15) is 0 Å². The monoisotopic (exact) mass is 293 g/mol. The topological polar surface area (TPSA) is 53.1 Å². The number of hydrogen-bond acceptors (Lipinski definition) is 5. The minimum atomic E-state index is 0.316. The third-order valence-corrected chi connectivity index (χ3v) is 3.73. The van der Waals surface area contributed by atoms with Gasteiger partial charge >= 0.3 is 0 Å². The Morgan fingerprint density at radius 3 is 2.10 bits per heavy atom. The lowest BCUT2D eigenvalue weighted by Crippen LogP contribution is -2.35. The zero-order valence-corrected chi connectivity index (χ0v) is 14.6. The Bertz CT molecular complexity index is 441. The normalized spacial score (nSPS) is 12.8. The molecule has 0 aliphatic rings. The van der Waals surface area contributed by atoms with E-state index in [4.69, 9.17) is 4.98 Å². The van der Waals surface area contributed by atoms with Gasteiger partial charge in [0.1, 0.15) is 17.5 Å². The largest absolute Gasteiger partial charge is 0.373 e. The fourth-order valence-corrected chi connectivity index (χ4v) is 2.32. The highest BCUT2D eigenvalue weighted by molar-refractivity contribution is 5.57. The molecule has 0 saturated heterocycles. The van der Waals surface area contributed by atoms with Gasteiger partial charge in [0.25, 0.3) is 0 Å². The maximum atomic E-state index is 4.70. The Kier molecular flexibility index (Phi) is 6.89. The summed E-state index contributed by atoms with van der Waals surface area (Å²) in [6.07, 6.45) is 0. The van der Waals surface area contributed by atoms with Gasteiger partial charge in [0.2, 0.25) is 0 Å². The summed E-state index contributed by atoms with van der Waals surface area (Å²) in [7, 11) is 1.91. The van der Waals surface area contributed by atoms with Crippen molar-refractivity contribution in [3.8, 4) is 0 Å². The van der Waals surface area contributed by atoms with Crippen molar-refractivity contribution in [1.29, 1.82) is 0 Å². The number of nitrogens with zero attached hydrogens (tertiary/aromatic N) is 3. The average Bonchev–Trinajstić information content (AvgIpc) is 2.46. The van der Waals surface area contributed by atoms with Crippen LogP contribution in [0.3, 0.4) is 0 Å². The minimum absolute atomic E-state index is 0.316. The third-order valence-electron chi connectivity index (χ3n) is 3.73. The number of rotatable bonds is 8. The molecule has 0 spiro atoms. The molecular weight excluding hydrogens is 262 g/mol. The first-order valence-electron chi connectivity index (χ1n) is 7.97. The summed E-state index contributed by atoms with van der Waals surface area (Å²) < 4.78 is 0. The van der Waals surface area contributed by atoms with Crippen LogP contribution in [0.4, 0.5) is 11.6 Å². The fraction of sp³-hybridized carbons (Fsp3) is 0.750. The van der Waals surface area contributed by atoms with E-state index in [1.807, 2.05) is 7.05 Å². The van der Waals surface area contributed by atoms with Crippen LogP contribution >= 0.6 is 0 Å². The second-order valence-corrected chi connectivity index (χ2v) is 5.84. The van der Waals surface area contributed by atoms with E-state index < -0.39 is 0 Å². The van der Waals surface area contributed by atoms with Gasteiger partial charge in [-0.15, -0.1) is 0 Å². The lowest BCUT2D eigenvalue weighted by molar-refractivity contribution is 0.294. The summed E-state index contributed by atoms with van der Waals surface area (Å²) in [6.45, 7) is 16.1. The van der Waals surface area contributed by atoms with Gasteiger partial charge in [-0.05, 0) is 26.9 Å². The first-order valence-corrected chi connectivity index (χ1v) is 7.97. The maximum absolute atomic E-state index is 4.70. The Balaban J connectivity index is 2.93. The number of nitrogens with one attached hydrogen (secondary N) is 2. The van der Waals surface area contributed by atoms with E-state index in [1.165, 1.54) is 0 Å². The maximum Gasteiger partial charge on any atom is 0.135 e. The van der Waals surface area contributed by atoms with Crippen molar-refractivity contribution < 1.29 is 0 Å². The highest BCUT2D eigenvalue weighted by Gasteiger charge is 2.15. The van der Waals surface area contributed by atoms with Crippen LogP contribution in [0.1, 0.15) is 51.9 Å². The van der Waals surface area contributed by atoms with Crippen LogP contribution in [0.2, 0.25) is 0 Å². The highest BCUT2D eigenvalue weighted by Crippen LogP contribution is 2.23. The Morgan fingerprint density at radius 2 is 1.62 bits per heavy atom. The van der Waals surface area contributed by atoms with Gasteiger partial charge in [-0.2, -0.15) is 0 Å². The molecule has 0 fully saturated rings. The molecule has 1 aromatic rings. The lowest BCUT2D eigenvalue weighted by atomic mass is 10.2. The molecule has 1 aromatic heterocycles. The number of anilines is 2. The smallest absolute Gasteiger partial charge is 0.135 e. The molecule has 1 atom stereocenters. The van der Waals surface area contributed by atoms with Crippen molar-refractivity contribution in [2.24, 2.45) is 0 Å². The fourth-order valence-electron chi connectivity index (χ4n) is 2.32. The van der Waals surface area contributed by atoms with Gasteiger partial charge in [0.15, 0.2) is 0 Å². The Morgan fingerprint density at radius 1 is 1.05 bits per heavy atom. The van der Waals surface area contributed by atoms with Crippen LogP contribution in [0.5, 0.6) is 0 Å². The van der Waals surface area contributed by atoms with Crippen LogP contribution in [-0.2, 0) is 0 Å². The molecule has 0 aromatic carbocycles. The molecule has 0 amide bonds. The van der Waals surface area contributed by atoms with Gasteiger partial charge in [-0.3, -0.25) is 0 Å². The first kappa shape index (κ1) is 17.7. The molecule has 0 saturated carbocycles. The Hall–Kier alpha value is -1.36. The molecule has 5 nitrogen and oxygen atoms in total. The average molecular weight is 293 g/mol. The number of aromatic nitrogens is 2. The summed E-state index contributed by atoms with van der Waals surface area (Å²) in [5.41, 5.74) is 1.08. The van der Waals surface area contributed by atoms with E-state index in [-0.39, 0.29) is 0 Å². The Labute approximate surface area is 129 Å². The molecule has 0 radical (unpaired) electrons. The number of hydrogen-bond donors (Lipinski definition) is 2. The van der Waals surface area contributed by atoms with E-state index in [1.54, 1.807) is 0 Å². The van der Waals surface area contributed by atoms with Gasteiger partial charge in [0, 0.05) is 31.1 Å². The summed E-state index contributed by atoms with van der Waals surface area (Å²) in [5, 5.41) is 6.71. The second kappa shape index (κ2) is 8.17. The number of likely N-dealkylation sites (N-methyl/N-ethyl adjacent to an activating group) is 1. The van der Waals surface area contributed by atoms with Crippen molar-refractivity contribution in [2.45, 2.75) is 53.5 Å². The molecule has 5 heteroatoms. The molecule has 1 rings (SSSR count). The third kappa shape index (κ3) is 4.84. The molecule has 0 aliphatic carbocycles. The SMILES string of the molecule is CCN(CC)CC(C)Nc1nc(C(C)C)nc(NC)c1C. The summed E-state index contributed by atoms with van der Waals surface area (Å²) in [6, 6.07) is 0.350. The standard InChI is InChI=1S/C16H31N5/c1-8-21(9-2)10-12(5)18-16-13(6)15(17-7)19-14(20-16)11(3)4/h11-12H,8-10H2,1-7H3,(H2,17,18,19,20). The van der Waals surface area contributed by atoms with E-state index in [2.05, 4.69) is 62.1 Å². The van der Waals surface area contributed by atoms with E-state index >= 15 is 0 Å². The van der Waals surface area contributed by atoms with Crippen LogP contribution in [0.25, 0.3) is 0 Å². The molecule has 120 valence electrons. The van der Waals surface area contributed by atoms with Crippen LogP contribution < -0.4 is 10.6 Å². The molecule has 1 heterocycles. The van der Waals surface area contributed by atoms with Gasteiger partial charge in [-0.1, -0.05) is 27.7 Å². The van der Waals surface area contributed by atoms with Crippen LogP contribution in [0.15, 0.2) is 0 Å². The van der Waals surface area contributed by atoms with E-state index in [0.29, 0.717) is 12.0 Å². The quantitative estimate of drug-likeness (QED) is 0.771.